The first-order valence-corrected chi connectivity index (χ1v) is 8.21. The third-order valence-electron chi connectivity index (χ3n) is 3.34. The molecule has 0 saturated carbocycles. The molecule has 2 aromatic carbocycles. The third-order valence-corrected chi connectivity index (χ3v) is 4.44. The number of fused-ring (bicyclic) bond motifs is 3. The first-order valence-electron chi connectivity index (χ1n) is 6.82. The number of hydrogen-bond acceptors (Lipinski definition) is 1. The van der Waals surface area contributed by atoms with E-state index < -0.39 is 9.76 Å². The van der Waals surface area contributed by atoms with E-state index in [1.807, 2.05) is 0 Å². The number of benzene rings is 2. The Labute approximate surface area is 115 Å². The van der Waals surface area contributed by atoms with Gasteiger partial charge in [0.1, 0.15) is 0 Å². The summed E-state index contributed by atoms with van der Waals surface area (Å²) in [5.74, 6) is 0. The summed E-state index contributed by atoms with van der Waals surface area (Å²) in [6.45, 7) is 5.19. The van der Waals surface area contributed by atoms with E-state index >= 15 is 0 Å². The van der Waals surface area contributed by atoms with Gasteiger partial charge >= 0.3 is 0 Å². The second-order valence-electron chi connectivity index (χ2n) is 5.42. The fraction of sp³-hybridized carbons (Fsp3) is 0.250. The zero-order valence-electron chi connectivity index (χ0n) is 11.4. The second kappa shape index (κ2) is 5.19. The van der Waals surface area contributed by atoms with Crippen LogP contribution in [0.25, 0.3) is 21.8 Å². The molecule has 0 aliphatic heterocycles. The maximum Gasteiger partial charge on any atom is 0.164 e. The van der Waals surface area contributed by atoms with Gasteiger partial charge in [-0.2, -0.15) is 0 Å². The van der Waals surface area contributed by atoms with Gasteiger partial charge in [-0.05, 0) is 11.6 Å². The van der Waals surface area contributed by atoms with Crippen LogP contribution >= 0.6 is 0 Å². The van der Waals surface area contributed by atoms with Crippen LogP contribution in [0.2, 0.25) is 5.54 Å². The summed E-state index contributed by atoms with van der Waals surface area (Å²) < 4.78 is 5.90. The number of nitrogens with one attached hydrogen (secondary N) is 1. The lowest BCUT2D eigenvalue weighted by atomic mass is 10.1. The van der Waals surface area contributed by atoms with Crippen molar-refractivity contribution >= 4 is 31.6 Å². The topological polar surface area (TPSA) is 25.0 Å². The maximum atomic E-state index is 5.90. The Balaban J connectivity index is 2.00. The minimum atomic E-state index is -0.407. The standard InChI is InChI=1S/C16H19NOSi/c1-11(2)19-18-10-12-6-5-8-14-13-7-3-4-9-15(13)17-16(12)14/h3-9,11,17H,10,19H2,1-2H3. The van der Waals surface area contributed by atoms with Crippen molar-refractivity contribution in [2.45, 2.75) is 26.0 Å². The van der Waals surface area contributed by atoms with Gasteiger partial charge in [-0.1, -0.05) is 50.2 Å². The SMILES string of the molecule is CC(C)[SiH2]OCc1cccc2c1[nH]c1ccccc12. The molecule has 19 heavy (non-hydrogen) atoms. The summed E-state index contributed by atoms with van der Waals surface area (Å²) in [7, 11) is -0.407. The Bertz CT molecular complexity index is 702. The Hall–Kier alpha value is -1.58. The molecule has 0 bridgehead atoms. The van der Waals surface area contributed by atoms with Crippen molar-refractivity contribution in [2.75, 3.05) is 0 Å². The molecule has 3 heteroatoms. The summed E-state index contributed by atoms with van der Waals surface area (Å²) in [6.07, 6.45) is 0. The Morgan fingerprint density at radius 3 is 2.68 bits per heavy atom. The van der Waals surface area contributed by atoms with Gasteiger partial charge < -0.3 is 9.41 Å². The van der Waals surface area contributed by atoms with Crippen LogP contribution in [0.1, 0.15) is 19.4 Å². The quantitative estimate of drug-likeness (QED) is 0.717. The largest absolute Gasteiger partial charge is 0.419 e. The molecule has 1 N–H and O–H groups in total. The number of aromatic nitrogens is 1. The lowest BCUT2D eigenvalue weighted by Crippen LogP contribution is -2.02. The lowest BCUT2D eigenvalue weighted by molar-refractivity contribution is 0.321. The number of rotatable bonds is 4. The summed E-state index contributed by atoms with van der Waals surface area (Å²) in [6, 6.07) is 14.9. The van der Waals surface area contributed by atoms with Crippen LogP contribution in [0.15, 0.2) is 42.5 Å². The predicted molar refractivity (Wildman–Crippen MR) is 84.2 cm³/mol. The van der Waals surface area contributed by atoms with Gasteiger partial charge in [0.25, 0.3) is 0 Å². The molecule has 0 radical (unpaired) electrons. The molecule has 2 nitrogen and oxygen atoms in total. The molecule has 0 unspecified atom stereocenters. The van der Waals surface area contributed by atoms with E-state index in [1.54, 1.807) is 0 Å². The average molecular weight is 269 g/mol. The molecule has 1 heterocycles. The van der Waals surface area contributed by atoms with Gasteiger partial charge in [-0.15, -0.1) is 0 Å². The van der Waals surface area contributed by atoms with Crippen molar-refractivity contribution in [3.8, 4) is 0 Å². The van der Waals surface area contributed by atoms with Gasteiger partial charge in [-0.25, -0.2) is 0 Å². The molecule has 3 rings (SSSR count). The van der Waals surface area contributed by atoms with E-state index in [1.165, 1.54) is 27.4 Å². The smallest absolute Gasteiger partial charge is 0.164 e. The molecule has 0 fully saturated rings. The lowest BCUT2D eigenvalue weighted by Gasteiger charge is -2.07. The zero-order valence-corrected chi connectivity index (χ0v) is 12.9. The van der Waals surface area contributed by atoms with Gasteiger partial charge in [0.2, 0.25) is 0 Å². The van der Waals surface area contributed by atoms with Crippen molar-refractivity contribution in [2.24, 2.45) is 0 Å². The Kier molecular flexibility index (Phi) is 3.40. The minimum Gasteiger partial charge on any atom is -0.419 e. The molecule has 0 atom stereocenters. The molecule has 0 aliphatic rings. The first kappa shape index (κ1) is 12.5. The van der Waals surface area contributed by atoms with Gasteiger partial charge in [0, 0.05) is 21.9 Å². The van der Waals surface area contributed by atoms with Crippen molar-refractivity contribution < 1.29 is 4.43 Å². The van der Waals surface area contributed by atoms with Crippen LogP contribution in [-0.4, -0.2) is 14.7 Å². The monoisotopic (exact) mass is 269 g/mol. The summed E-state index contributed by atoms with van der Waals surface area (Å²) in [5.41, 5.74) is 4.40. The van der Waals surface area contributed by atoms with Gasteiger partial charge in [0.05, 0.1) is 12.1 Å². The highest BCUT2D eigenvalue weighted by Gasteiger charge is 2.07. The van der Waals surface area contributed by atoms with E-state index in [9.17, 15) is 0 Å². The Morgan fingerprint density at radius 1 is 1.05 bits per heavy atom. The average Bonchev–Trinajstić information content (AvgIpc) is 2.78. The molecule has 3 aromatic rings. The van der Waals surface area contributed by atoms with Crippen molar-refractivity contribution in [1.82, 2.24) is 4.98 Å². The summed E-state index contributed by atoms with van der Waals surface area (Å²) in [5, 5.41) is 2.59. The Morgan fingerprint density at radius 2 is 1.84 bits per heavy atom. The molecule has 98 valence electrons. The number of para-hydroxylation sites is 2. The van der Waals surface area contributed by atoms with E-state index in [4.69, 9.17) is 4.43 Å². The minimum absolute atomic E-state index is 0.407. The van der Waals surface area contributed by atoms with Crippen LogP contribution in [0, 0.1) is 0 Å². The van der Waals surface area contributed by atoms with E-state index in [-0.39, 0.29) is 0 Å². The molecule has 0 spiro atoms. The van der Waals surface area contributed by atoms with Crippen molar-refractivity contribution in [3.05, 3.63) is 48.0 Å². The third kappa shape index (κ3) is 2.44. The van der Waals surface area contributed by atoms with Crippen LogP contribution < -0.4 is 0 Å². The molecular formula is C16H19NOSi. The highest BCUT2D eigenvalue weighted by atomic mass is 28.2. The van der Waals surface area contributed by atoms with Gasteiger partial charge in [-0.3, -0.25) is 0 Å². The predicted octanol–water partition coefficient (Wildman–Crippen LogP) is 3.75. The first-order chi connectivity index (χ1) is 9.25. The van der Waals surface area contributed by atoms with Crippen molar-refractivity contribution in [3.63, 3.8) is 0 Å². The number of aromatic amines is 1. The normalized spacial score (nSPS) is 12.4. The fourth-order valence-corrected chi connectivity index (χ4v) is 3.27. The molecule has 0 saturated heterocycles. The second-order valence-corrected chi connectivity index (χ2v) is 7.79. The summed E-state index contributed by atoms with van der Waals surface area (Å²) >= 11 is 0. The number of H-pyrrole nitrogens is 1. The maximum absolute atomic E-state index is 5.90. The van der Waals surface area contributed by atoms with Crippen molar-refractivity contribution in [1.29, 1.82) is 0 Å². The van der Waals surface area contributed by atoms with Crippen LogP contribution in [0.5, 0.6) is 0 Å². The molecular weight excluding hydrogens is 250 g/mol. The van der Waals surface area contributed by atoms with E-state index in [0.29, 0.717) is 5.54 Å². The van der Waals surface area contributed by atoms with Crippen LogP contribution in [0.3, 0.4) is 0 Å². The zero-order chi connectivity index (χ0) is 13.2. The van der Waals surface area contributed by atoms with Crippen LogP contribution in [-0.2, 0) is 11.0 Å². The van der Waals surface area contributed by atoms with E-state index in [0.717, 1.165) is 6.61 Å². The molecule has 0 amide bonds. The fourth-order valence-electron chi connectivity index (χ4n) is 2.46. The number of hydrogen-bond donors (Lipinski definition) is 1. The highest BCUT2D eigenvalue weighted by molar-refractivity contribution is 6.29. The van der Waals surface area contributed by atoms with Crippen LogP contribution in [0.4, 0.5) is 0 Å². The molecule has 0 aliphatic carbocycles. The highest BCUT2D eigenvalue weighted by Crippen LogP contribution is 2.27. The van der Waals surface area contributed by atoms with E-state index in [2.05, 4.69) is 61.3 Å². The van der Waals surface area contributed by atoms with Gasteiger partial charge in [0.15, 0.2) is 9.76 Å². The molecule has 1 aromatic heterocycles. The summed E-state index contributed by atoms with van der Waals surface area (Å²) in [4.78, 5) is 3.52.